The van der Waals surface area contributed by atoms with Crippen LogP contribution in [-0.4, -0.2) is 30.0 Å². The van der Waals surface area contributed by atoms with Gasteiger partial charge in [-0.2, -0.15) is 5.26 Å². The van der Waals surface area contributed by atoms with Gasteiger partial charge in [0.1, 0.15) is 23.9 Å². The minimum Gasteiger partial charge on any atom is -0.490 e. The smallest absolute Gasteiger partial charge is 0.252 e. The van der Waals surface area contributed by atoms with E-state index >= 15 is 0 Å². The lowest BCUT2D eigenvalue weighted by atomic mass is 10.00. The third kappa shape index (κ3) is 5.13. The molecule has 1 aliphatic carbocycles. The second-order valence-corrected chi connectivity index (χ2v) is 8.04. The molecule has 2 bridgehead atoms. The van der Waals surface area contributed by atoms with Crippen molar-refractivity contribution in [3.8, 4) is 11.8 Å². The first-order valence-corrected chi connectivity index (χ1v) is 10.6. The Hall–Kier alpha value is -3.59. The molecule has 158 valence electrons. The summed E-state index contributed by atoms with van der Waals surface area (Å²) in [6, 6.07) is 16.3. The fourth-order valence-electron chi connectivity index (χ4n) is 3.64. The summed E-state index contributed by atoms with van der Waals surface area (Å²) in [6.45, 7) is 0.475. The minimum atomic E-state index is -0.793. The molecule has 0 spiro atoms. The predicted molar refractivity (Wildman–Crippen MR) is 117 cm³/mol. The molecule has 2 heterocycles. The lowest BCUT2D eigenvalue weighted by Crippen LogP contribution is -2.51. The molecule has 0 radical (unpaired) electrons. The molecule has 2 N–H and O–H groups in total. The number of nitrogens with one attached hydrogen (secondary N) is 2. The van der Waals surface area contributed by atoms with E-state index in [-0.39, 0.29) is 11.8 Å². The standard InChI is InChI=1S/C25H25N3O3/c26-17-25(13-14-25)28-24(30)22-16-18-9-11-20(12-10-18)31-15-5-1-2-6-19-7-3-4-8-21(19)23(29)27-22/h1,3-5,7-12,22H,2,6,13-16H2,(H,27,29)(H,28,30)/b5-1+/t22-/m0/s1. The van der Waals surface area contributed by atoms with Gasteiger partial charge in [-0.3, -0.25) is 9.59 Å². The molecule has 0 unspecified atom stereocenters. The van der Waals surface area contributed by atoms with Crippen LogP contribution in [0, 0.1) is 11.3 Å². The largest absolute Gasteiger partial charge is 0.490 e. The number of carbonyl (C=O) groups is 2. The first-order valence-electron chi connectivity index (χ1n) is 10.6. The lowest BCUT2D eigenvalue weighted by Gasteiger charge is -2.21. The molecule has 2 amide bonds. The van der Waals surface area contributed by atoms with Gasteiger partial charge in [0.2, 0.25) is 5.91 Å². The van der Waals surface area contributed by atoms with Crippen molar-refractivity contribution in [2.45, 2.75) is 43.7 Å². The number of hydrogen-bond acceptors (Lipinski definition) is 4. The van der Waals surface area contributed by atoms with Crippen LogP contribution in [0.5, 0.6) is 5.75 Å². The number of amides is 2. The zero-order chi connectivity index (χ0) is 21.7. The van der Waals surface area contributed by atoms with E-state index in [1.54, 1.807) is 6.07 Å². The molecule has 3 aliphatic rings. The fraction of sp³-hybridized carbons (Fsp3) is 0.320. The lowest BCUT2D eigenvalue weighted by molar-refractivity contribution is -0.123. The summed E-state index contributed by atoms with van der Waals surface area (Å²) in [5.41, 5.74) is 1.59. The Kier molecular flexibility index (Phi) is 6.03. The third-order valence-corrected chi connectivity index (χ3v) is 5.67. The molecular formula is C25H25N3O3. The van der Waals surface area contributed by atoms with Gasteiger partial charge < -0.3 is 15.4 Å². The van der Waals surface area contributed by atoms with Gasteiger partial charge >= 0.3 is 0 Å². The Labute approximate surface area is 181 Å². The highest BCUT2D eigenvalue weighted by molar-refractivity contribution is 5.99. The number of carbonyl (C=O) groups excluding carboxylic acids is 2. The van der Waals surface area contributed by atoms with Gasteiger partial charge in [0, 0.05) is 12.0 Å². The second kappa shape index (κ2) is 9.05. The Morgan fingerprint density at radius 3 is 2.65 bits per heavy atom. The molecule has 2 aliphatic heterocycles. The SMILES string of the molecule is N#CC1(NC(=O)[C@@H]2Cc3ccc(cc3)OC/C=C/CCc3ccccc3C(=O)N2)CC1. The maximum Gasteiger partial charge on any atom is 0.252 e. The van der Waals surface area contributed by atoms with Crippen LogP contribution < -0.4 is 15.4 Å². The van der Waals surface area contributed by atoms with Crippen LogP contribution in [-0.2, 0) is 17.6 Å². The minimum absolute atomic E-state index is 0.284. The summed E-state index contributed by atoms with van der Waals surface area (Å²) >= 11 is 0. The number of hydrogen-bond donors (Lipinski definition) is 2. The Bertz CT molecular complexity index is 1030. The highest BCUT2D eigenvalue weighted by atomic mass is 16.5. The quantitative estimate of drug-likeness (QED) is 0.738. The average molecular weight is 415 g/mol. The number of nitriles is 1. The fourth-order valence-corrected chi connectivity index (χ4v) is 3.64. The van der Waals surface area contributed by atoms with Crippen molar-refractivity contribution in [3.63, 3.8) is 0 Å². The van der Waals surface area contributed by atoms with Gasteiger partial charge in [0.15, 0.2) is 0 Å². The van der Waals surface area contributed by atoms with Gasteiger partial charge in [-0.15, -0.1) is 0 Å². The van der Waals surface area contributed by atoms with E-state index in [9.17, 15) is 14.9 Å². The molecule has 0 saturated heterocycles. The monoisotopic (exact) mass is 415 g/mol. The van der Waals surface area contributed by atoms with E-state index in [1.807, 2.05) is 54.6 Å². The number of fused-ring (bicyclic) bond motifs is 9. The zero-order valence-electron chi connectivity index (χ0n) is 17.3. The van der Waals surface area contributed by atoms with E-state index in [4.69, 9.17) is 4.74 Å². The molecule has 1 saturated carbocycles. The molecule has 0 aromatic heterocycles. The summed E-state index contributed by atoms with van der Waals surface area (Å²) in [5, 5.41) is 15.1. The van der Waals surface area contributed by atoms with Gasteiger partial charge in [-0.25, -0.2) is 0 Å². The highest BCUT2D eigenvalue weighted by Gasteiger charge is 2.45. The Morgan fingerprint density at radius 2 is 1.90 bits per heavy atom. The van der Waals surface area contributed by atoms with Crippen molar-refractivity contribution >= 4 is 11.8 Å². The summed E-state index contributed by atoms with van der Waals surface area (Å²) < 4.78 is 5.74. The van der Waals surface area contributed by atoms with Gasteiger partial charge in [-0.1, -0.05) is 42.5 Å². The van der Waals surface area contributed by atoms with Crippen LogP contribution in [0.4, 0.5) is 0 Å². The highest BCUT2D eigenvalue weighted by Crippen LogP contribution is 2.34. The Morgan fingerprint density at radius 1 is 1.13 bits per heavy atom. The number of allylic oxidation sites excluding steroid dienone is 1. The number of aryl methyl sites for hydroxylation is 1. The number of rotatable bonds is 2. The first kappa shape index (κ1) is 20.7. The van der Waals surface area contributed by atoms with Crippen LogP contribution in [0.3, 0.4) is 0 Å². The maximum absolute atomic E-state index is 13.1. The van der Waals surface area contributed by atoms with Crippen molar-refractivity contribution in [2.24, 2.45) is 0 Å². The molecule has 2 aromatic carbocycles. The summed E-state index contributed by atoms with van der Waals surface area (Å²) in [6.07, 6.45) is 7.11. The van der Waals surface area contributed by atoms with Crippen LogP contribution in [0.1, 0.15) is 40.7 Å². The van der Waals surface area contributed by atoms with E-state index in [1.165, 1.54) is 0 Å². The molecule has 1 fully saturated rings. The maximum atomic E-state index is 13.1. The molecular weight excluding hydrogens is 390 g/mol. The normalized spacial score (nSPS) is 21.0. The van der Waals surface area contributed by atoms with Crippen molar-refractivity contribution in [1.29, 1.82) is 5.26 Å². The van der Waals surface area contributed by atoms with Crippen LogP contribution in [0.25, 0.3) is 0 Å². The van der Waals surface area contributed by atoms with E-state index in [0.717, 1.165) is 23.3 Å². The molecule has 6 heteroatoms. The average Bonchev–Trinajstić information content (AvgIpc) is 3.56. The second-order valence-electron chi connectivity index (χ2n) is 8.04. The van der Waals surface area contributed by atoms with Crippen LogP contribution >= 0.6 is 0 Å². The Balaban J connectivity index is 1.62. The zero-order valence-corrected chi connectivity index (χ0v) is 17.3. The summed E-state index contributed by atoms with van der Waals surface area (Å²) in [4.78, 5) is 26.1. The van der Waals surface area contributed by atoms with Crippen LogP contribution in [0.15, 0.2) is 60.7 Å². The van der Waals surface area contributed by atoms with Gasteiger partial charge in [0.25, 0.3) is 5.91 Å². The van der Waals surface area contributed by atoms with Crippen molar-refractivity contribution in [1.82, 2.24) is 10.6 Å². The topological polar surface area (TPSA) is 91.2 Å². The summed E-state index contributed by atoms with van der Waals surface area (Å²) in [7, 11) is 0. The van der Waals surface area contributed by atoms with Crippen molar-refractivity contribution < 1.29 is 14.3 Å². The molecule has 31 heavy (non-hydrogen) atoms. The number of nitrogens with zero attached hydrogens (tertiary/aromatic N) is 1. The predicted octanol–water partition coefficient (Wildman–Crippen LogP) is 3.08. The van der Waals surface area contributed by atoms with Gasteiger partial charge in [0.05, 0.1) is 6.07 Å². The van der Waals surface area contributed by atoms with E-state index in [0.29, 0.717) is 37.9 Å². The molecule has 1 atom stereocenters. The van der Waals surface area contributed by atoms with Crippen molar-refractivity contribution in [3.05, 3.63) is 77.4 Å². The van der Waals surface area contributed by atoms with Crippen LogP contribution in [0.2, 0.25) is 0 Å². The molecule has 5 rings (SSSR count). The number of benzene rings is 2. The third-order valence-electron chi connectivity index (χ3n) is 5.67. The first-order chi connectivity index (χ1) is 15.1. The van der Waals surface area contributed by atoms with Gasteiger partial charge in [-0.05, 0) is 55.0 Å². The summed E-state index contributed by atoms with van der Waals surface area (Å²) in [5.74, 6) is 0.125. The van der Waals surface area contributed by atoms with E-state index < -0.39 is 11.6 Å². The number of ether oxygens (including phenoxy) is 1. The molecule has 6 nitrogen and oxygen atoms in total. The molecule has 2 aromatic rings. The van der Waals surface area contributed by atoms with Crippen molar-refractivity contribution in [2.75, 3.05) is 6.61 Å². The van der Waals surface area contributed by atoms with E-state index in [2.05, 4.69) is 16.7 Å².